The first-order valence-electron chi connectivity index (χ1n) is 6.28. The van der Waals surface area contributed by atoms with E-state index in [1.807, 2.05) is 37.3 Å². The van der Waals surface area contributed by atoms with Crippen molar-refractivity contribution in [3.8, 4) is 0 Å². The highest BCUT2D eigenvalue weighted by atomic mass is 79.9. The third-order valence-corrected chi connectivity index (χ3v) is 3.71. The van der Waals surface area contributed by atoms with Gasteiger partial charge >= 0.3 is 5.97 Å². The van der Waals surface area contributed by atoms with Gasteiger partial charge in [0, 0.05) is 16.7 Å². The molecule has 0 aliphatic heterocycles. The van der Waals surface area contributed by atoms with Crippen LogP contribution in [-0.4, -0.2) is 13.1 Å². The number of hydrogen-bond acceptors (Lipinski definition) is 3. The van der Waals surface area contributed by atoms with Gasteiger partial charge < -0.3 is 10.1 Å². The zero-order valence-electron chi connectivity index (χ0n) is 11.4. The fraction of sp³-hybridized carbons (Fsp3) is 0.188. The molecule has 4 heteroatoms. The molecule has 0 aliphatic carbocycles. The Bertz CT molecular complexity index is 626. The highest BCUT2D eigenvalue weighted by molar-refractivity contribution is 9.10. The molecule has 20 heavy (non-hydrogen) atoms. The SMILES string of the molecule is COC(=O)c1ccccc1CNc1cc(C)ccc1Br. The zero-order chi connectivity index (χ0) is 14.5. The van der Waals surface area contributed by atoms with Crippen LogP contribution in [0.25, 0.3) is 0 Å². The van der Waals surface area contributed by atoms with Crippen molar-refractivity contribution >= 4 is 27.6 Å². The summed E-state index contributed by atoms with van der Waals surface area (Å²) in [6.45, 7) is 2.60. The van der Waals surface area contributed by atoms with Crippen molar-refractivity contribution in [3.05, 3.63) is 63.6 Å². The number of carbonyl (C=O) groups is 1. The molecule has 104 valence electrons. The third kappa shape index (κ3) is 3.39. The Balaban J connectivity index is 2.19. The van der Waals surface area contributed by atoms with Gasteiger partial charge in [0.15, 0.2) is 0 Å². The number of anilines is 1. The minimum atomic E-state index is -0.314. The van der Waals surface area contributed by atoms with Gasteiger partial charge in [0.25, 0.3) is 0 Å². The minimum Gasteiger partial charge on any atom is -0.465 e. The van der Waals surface area contributed by atoms with Crippen molar-refractivity contribution in [2.75, 3.05) is 12.4 Å². The summed E-state index contributed by atoms with van der Waals surface area (Å²) in [5.74, 6) is -0.314. The van der Waals surface area contributed by atoms with Crippen LogP contribution in [0.15, 0.2) is 46.9 Å². The van der Waals surface area contributed by atoms with Gasteiger partial charge in [-0.05, 0) is 52.2 Å². The number of benzene rings is 2. The number of aryl methyl sites for hydroxylation is 1. The first kappa shape index (κ1) is 14.6. The number of methoxy groups -OCH3 is 1. The molecule has 0 saturated heterocycles. The van der Waals surface area contributed by atoms with Gasteiger partial charge in [-0.3, -0.25) is 0 Å². The second kappa shape index (κ2) is 6.57. The Hall–Kier alpha value is -1.81. The van der Waals surface area contributed by atoms with Gasteiger partial charge in [-0.25, -0.2) is 4.79 Å². The zero-order valence-corrected chi connectivity index (χ0v) is 13.0. The lowest BCUT2D eigenvalue weighted by Crippen LogP contribution is -2.09. The predicted molar refractivity (Wildman–Crippen MR) is 84.0 cm³/mol. The summed E-state index contributed by atoms with van der Waals surface area (Å²) < 4.78 is 5.79. The number of carbonyl (C=O) groups excluding carboxylic acids is 1. The van der Waals surface area contributed by atoms with Crippen LogP contribution < -0.4 is 5.32 Å². The van der Waals surface area contributed by atoms with E-state index in [2.05, 4.69) is 27.3 Å². The topological polar surface area (TPSA) is 38.3 Å². The second-order valence-corrected chi connectivity index (χ2v) is 5.34. The quantitative estimate of drug-likeness (QED) is 0.854. The Morgan fingerprint density at radius 3 is 2.75 bits per heavy atom. The molecule has 3 nitrogen and oxygen atoms in total. The molecule has 0 atom stereocenters. The van der Waals surface area contributed by atoms with Gasteiger partial charge in [-0.2, -0.15) is 0 Å². The molecule has 0 saturated carbocycles. The van der Waals surface area contributed by atoms with Gasteiger partial charge in [-0.1, -0.05) is 24.3 Å². The van der Waals surface area contributed by atoms with Gasteiger partial charge in [0.2, 0.25) is 0 Å². The lowest BCUT2D eigenvalue weighted by Gasteiger charge is -2.12. The normalized spacial score (nSPS) is 10.2. The van der Waals surface area contributed by atoms with Gasteiger partial charge in [0.1, 0.15) is 0 Å². The number of esters is 1. The van der Waals surface area contributed by atoms with Crippen LogP contribution in [0.5, 0.6) is 0 Å². The van der Waals surface area contributed by atoms with Crippen molar-refractivity contribution in [3.63, 3.8) is 0 Å². The Labute approximate surface area is 127 Å². The minimum absolute atomic E-state index is 0.314. The molecule has 0 fully saturated rings. The summed E-state index contributed by atoms with van der Waals surface area (Å²) in [4.78, 5) is 11.7. The molecule has 0 unspecified atom stereocenters. The lowest BCUT2D eigenvalue weighted by molar-refractivity contribution is 0.0599. The highest BCUT2D eigenvalue weighted by Crippen LogP contribution is 2.24. The summed E-state index contributed by atoms with van der Waals surface area (Å²) in [7, 11) is 1.39. The molecule has 0 aliphatic rings. The maximum Gasteiger partial charge on any atom is 0.338 e. The largest absolute Gasteiger partial charge is 0.465 e. The average Bonchev–Trinajstić information content (AvgIpc) is 2.47. The van der Waals surface area contributed by atoms with Gasteiger partial charge in [0.05, 0.1) is 12.7 Å². The molecule has 0 radical (unpaired) electrons. The van der Waals surface area contributed by atoms with E-state index in [1.54, 1.807) is 6.07 Å². The van der Waals surface area contributed by atoms with E-state index in [0.29, 0.717) is 12.1 Å². The monoisotopic (exact) mass is 333 g/mol. The van der Waals surface area contributed by atoms with Crippen LogP contribution in [0.3, 0.4) is 0 Å². The summed E-state index contributed by atoms with van der Waals surface area (Å²) in [5.41, 5.74) is 3.68. The van der Waals surface area contributed by atoms with Crippen molar-refractivity contribution in [1.82, 2.24) is 0 Å². The van der Waals surface area contributed by atoms with Crippen molar-refractivity contribution in [2.24, 2.45) is 0 Å². The van der Waals surface area contributed by atoms with E-state index in [1.165, 1.54) is 12.7 Å². The second-order valence-electron chi connectivity index (χ2n) is 4.49. The third-order valence-electron chi connectivity index (χ3n) is 3.01. The van der Waals surface area contributed by atoms with Crippen LogP contribution in [0.1, 0.15) is 21.5 Å². The molecule has 0 bridgehead atoms. The maximum absolute atomic E-state index is 11.7. The van der Waals surface area contributed by atoms with E-state index < -0.39 is 0 Å². The molecule has 0 aromatic heterocycles. The standard InChI is InChI=1S/C16H16BrNO2/c1-11-7-8-14(17)15(9-11)18-10-12-5-3-4-6-13(12)16(19)20-2/h3-9,18H,10H2,1-2H3. The number of rotatable bonds is 4. The Morgan fingerprint density at radius 2 is 2.00 bits per heavy atom. The van der Waals surface area contributed by atoms with Crippen LogP contribution in [0.4, 0.5) is 5.69 Å². The lowest BCUT2D eigenvalue weighted by atomic mass is 10.1. The van der Waals surface area contributed by atoms with Crippen molar-refractivity contribution < 1.29 is 9.53 Å². The molecular formula is C16H16BrNO2. The van der Waals surface area contributed by atoms with Crippen LogP contribution in [0, 0.1) is 6.92 Å². The summed E-state index contributed by atoms with van der Waals surface area (Å²) >= 11 is 3.51. The van der Waals surface area contributed by atoms with Gasteiger partial charge in [-0.15, -0.1) is 0 Å². The predicted octanol–water partition coefficient (Wildman–Crippen LogP) is 4.16. The van der Waals surface area contributed by atoms with E-state index >= 15 is 0 Å². The number of hydrogen-bond donors (Lipinski definition) is 1. The van der Waals surface area contributed by atoms with E-state index in [9.17, 15) is 4.79 Å². The van der Waals surface area contributed by atoms with E-state index in [4.69, 9.17) is 4.74 Å². The smallest absolute Gasteiger partial charge is 0.338 e. The Kier molecular flexibility index (Phi) is 4.79. The fourth-order valence-corrected chi connectivity index (χ4v) is 2.34. The molecule has 1 N–H and O–H groups in total. The summed E-state index contributed by atoms with van der Waals surface area (Å²) in [5, 5.41) is 3.33. The van der Waals surface area contributed by atoms with Crippen LogP contribution in [-0.2, 0) is 11.3 Å². The van der Waals surface area contributed by atoms with Crippen molar-refractivity contribution in [2.45, 2.75) is 13.5 Å². The van der Waals surface area contributed by atoms with E-state index in [-0.39, 0.29) is 5.97 Å². The van der Waals surface area contributed by atoms with Crippen LogP contribution >= 0.6 is 15.9 Å². The fourth-order valence-electron chi connectivity index (χ4n) is 1.95. The average molecular weight is 334 g/mol. The Morgan fingerprint density at radius 1 is 1.25 bits per heavy atom. The molecule has 0 spiro atoms. The molecular weight excluding hydrogens is 318 g/mol. The van der Waals surface area contributed by atoms with Crippen molar-refractivity contribution in [1.29, 1.82) is 0 Å². The first-order valence-corrected chi connectivity index (χ1v) is 7.07. The highest BCUT2D eigenvalue weighted by Gasteiger charge is 2.10. The number of nitrogens with one attached hydrogen (secondary N) is 1. The maximum atomic E-state index is 11.7. The summed E-state index contributed by atoms with van der Waals surface area (Å²) in [6.07, 6.45) is 0. The molecule has 2 aromatic carbocycles. The number of halogens is 1. The molecule has 2 rings (SSSR count). The van der Waals surface area contributed by atoms with E-state index in [0.717, 1.165) is 15.7 Å². The molecule has 0 amide bonds. The number of ether oxygens (including phenoxy) is 1. The molecule has 2 aromatic rings. The van der Waals surface area contributed by atoms with Crippen LogP contribution in [0.2, 0.25) is 0 Å². The summed E-state index contributed by atoms with van der Waals surface area (Å²) in [6, 6.07) is 13.5. The first-order chi connectivity index (χ1) is 9.61. The molecule has 0 heterocycles.